The van der Waals surface area contributed by atoms with Gasteiger partial charge < -0.3 is 9.32 Å². The van der Waals surface area contributed by atoms with Gasteiger partial charge in [0, 0.05) is 37.3 Å². The van der Waals surface area contributed by atoms with Crippen LogP contribution in [0.15, 0.2) is 192 Å². The Hall–Kier alpha value is -6.94. The van der Waals surface area contributed by atoms with E-state index in [1.807, 2.05) is 11.3 Å². The van der Waals surface area contributed by atoms with Crippen molar-refractivity contribution in [1.82, 2.24) is 0 Å². The molecule has 0 saturated heterocycles. The summed E-state index contributed by atoms with van der Waals surface area (Å²) in [5.41, 5.74) is 15.0. The molecule has 0 saturated carbocycles. The number of hydrogen-bond donors (Lipinski definition) is 0. The Labute approximate surface area is 340 Å². The molecular weight excluding hydrogens is 723 g/mol. The number of rotatable bonds is 5. The second-order valence-electron chi connectivity index (χ2n) is 16.1. The molecule has 2 aromatic heterocycles. The van der Waals surface area contributed by atoms with Gasteiger partial charge in [-0.2, -0.15) is 0 Å². The normalized spacial score (nSPS) is 13.1. The molecule has 11 aromatic rings. The smallest absolute Gasteiger partial charge is 0.143 e. The third-order valence-electron chi connectivity index (χ3n) is 12.5. The average Bonchev–Trinajstić information content (AvgIpc) is 3.92. The van der Waals surface area contributed by atoms with Crippen molar-refractivity contribution in [3.8, 4) is 33.4 Å². The minimum atomic E-state index is -0.115. The summed E-state index contributed by atoms with van der Waals surface area (Å²) in [5.74, 6) is 0. The lowest BCUT2D eigenvalue weighted by Crippen LogP contribution is -2.14. The molecular formula is C55H37NOS. The molecule has 274 valence electrons. The Bertz CT molecular complexity index is 3420. The first-order chi connectivity index (χ1) is 28.5. The summed E-state index contributed by atoms with van der Waals surface area (Å²) < 4.78 is 9.60. The van der Waals surface area contributed by atoms with Crippen LogP contribution in [-0.2, 0) is 5.41 Å². The minimum absolute atomic E-state index is 0.115. The molecule has 2 nitrogen and oxygen atoms in total. The van der Waals surface area contributed by atoms with Crippen molar-refractivity contribution < 1.29 is 4.42 Å². The number of fused-ring (bicyclic) bond motifs is 11. The number of furan rings is 1. The van der Waals surface area contributed by atoms with Crippen molar-refractivity contribution in [3.63, 3.8) is 0 Å². The van der Waals surface area contributed by atoms with Gasteiger partial charge in [-0.25, -0.2) is 0 Å². The van der Waals surface area contributed by atoms with E-state index in [9.17, 15) is 0 Å². The summed E-state index contributed by atoms with van der Waals surface area (Å²) in [6.45, 7) is 4.71. The van der Waals surface area contributed by atoms with Crippen LogP contribution in [0, 0.1) is 0 Å². The molecule has 0 atom stereocenters. The molecule has 58 heavy (non-hydrogen) atoms. The van der Waals surface area contributed by atoms with Crippen LogP contribution in [0.3, 0.4) is 0 Å². The Morgan fingerprint density at radius 3 is 2.05 bits per heavy atom. The minimum Gasteiger partial charge on any atom is -0.455 e. The Morgan fingerprint density at radius 1 is 0.466 bits per heavy atom. The van der Waals surface area contributed by atoms with Crippen molar-refractivity contribution in [2.75, 3.05) is 4.90 Å². The van der Waals surface area contributed by atoms with E-state index < -0.39 is 0 Å². The molecule has 2 heterocycles. The third-order valence-corrected chi connectivity index (χ3v) is 13.7. The Balaban J connectivity index is 1.16. The SMILES string of the molecule is CC1(C)c2ccccc2-c2ccc(-c3cc(N(c4ccc(-c5ccccc5)cc4)c4cccc5c4sc4ccccc45)c4c(c3)oc3c5ccccc5ccc34)cc21. The molecule has 3 heteroatoms. The van der Waals surface area contributed by atoms with E-state index in [0.29, 0.717) is 0 Å². The molecule has 0 N–H and O–H groups in total. The van der Waals surface area contributed by atoms with Crippen molar-refractivity contribution >= 4 is 81.3 Å². The largest absolute Gasteiger partial charge is 0.455 e. The van der Waals surface area contributed by atoms with Crippen molar-refractivity contribution in [2.45, 2.75) is 19.3 Å². The fourth-order valence-electron chi connectivity index (χ4n) is 9.59. The average molecular weight is 760 g/mol. The first-order valence-corrected chi connectivity index (χ1v) is 20.8. The number of thiophene rings is 1. The maximum atomic E-state index is 7.06. The summed E-state index contributed by atoms with van der Waals surface area (Å²) in [6.07, 6.45) is 0. The van der Waals surface area contributed by atoms with Crippen molar-refractivity contribution in [2.24, 2.45) is 0 Å². The molecule has 9 aromatic carbocycles. The fourth-order valence-corrected chi connectivity index (χ4v) is 10.8. The zero-order valence-electron chi connectivity index (χ0n) is 32.2. The highest BCUT2D eigenvalue weighted by Crippen LogP contribution is 2.52. The van der Waals surface area contributed by atoms with E-state index in [4.69, 9.17) is 4.42 Å². The molecule has 0 aliphatic heterocycles. The summed E-state index contributed by atoms with van der Waals surface area (Å²) >= 11 is 1.86. The van der Waals surface area contributed by atoms with E-state index >= 15 is 0 Å². The molecule has 12 rings (SSSR count). The van der Waals surface area contributed by atoms with E-state index in [1.54, 1.807) is 0 Å². The molecule has 0 spiro atoms. The van der Waals surface area contributed by atoms with Gasteiger partial charge in [-0.1, -0.05) is 153 Å². The van der Waals surface area contributed by atoms with Gasteiger partial charge in [-0.3, -0.25) is 0 Å². The molecule has 1 aliphatic carbocycles. The number of nitrogens with zero attached hydrogens (tertiary/aromatic N) is 1. The van der Waals surface area contributed by atoms with Crippen LogP contribution in [0.1, 0.15) is 25.0 Å². The van der Waals surface area contributed by atoms with Gasteiger partial charge in [-0.05, 0) is 98.4 Å². The fraction of sp³-hybridized carbons (Fsp3) is 0.0545. The van der Waals surface area contributed by atoms with E-state index in [1.165, 1.54) is 64.5 Å². The first-order valence-electron chi connectivity index (χ1n) is 20.0. The van der Waals surface area contributed by atoms with E-state index in [0.717, 1.165) is 50.0 Å². The summed E-state index contributed by atoms with van der Waals surface area (Å²) in [5, 5.41) is 7.04. The maximum absolute atomic E-state index is 7.06. The molecule has 0 bridgehead atoms. The quantitative estimate of drug-likeness (QED) is 0.174. The van der Waals surface area contributed by atoms with Crippen LogP contribution in [0.2, 0.25) is 0 Å². The standard InChI is InChI=1S/C55H37NOS/c1-55(2)46-20-10-8-17-41(46)42-29-26-37(31-47(42)55)38-32-49(52-45-30-25-36-15-6-7-16-40(36)53(45)57-50(52)33-38)56(39-27-23-35(24-28-39)34-13-4-3-5-14-34)48-21-12-19-44-43-18-9-11-22-51(43)58-54(44)48/h3-33H,1-2H3. The highest BCUT2D eigenvalue weighted by Gasteiger charge is 2.35. The highest BCUT2D eigenvalue weighted by molar-refractivity contribution is 7.26. The molecule has 0 fully saturated rings. The zero-order chi connectivity index (χ0) is 38.5. The van der Waals surface area contributed by atoms with Crippen LogP contribution >= 0.6 is 11.3 Å². The van der Waals surface area contributed by atoms with Gasteiger partial charge in [0.2, 0.25) is 0 Å². The molecule has 0 unspecified atom stereocenters. The number of hydrogen-bond acceptors (Lipinski definition) is 3. The number of benzene rings is 9. The lowest BCUT2D eigenvalue weighted by atomic mass is 9.81. The van der Waals surface area contributed by atoms with Crippen molar-refractivity contribution in [1.29, 1.82) is 0 Å². The third kappa shape index (κ3) is 4.90. The van der Waals surface area contributed by atoms with Gasteiger partial charge in [-0.15, -0.1) is 11.3 Å². The van der Waals surface area contributed by atoms with Crippen LogP contribution in [0.4, 0.5) is 17.1 Å². The second-order valence-corrected chi connectivity index (χ2v) is 17.1. The second kappa shape index (κ2) is 12.5. The molecule has 0 radical (unpaired) electrons. The van der Waals surface area contributed by atoms with Gasteiger partial charge >= 0.3 is 0 Å². The van der Waals surface area contributed by atoms with Crippen LogP contribution in [0.5, 0.6) is 0 Å². The Kier molecular flexibility index (Phi) is 7.18. The van der Waals surface area contributed by atoms with Crippen LogP contribution in [-0.4, -0.2) is 0 Å². The van der Waals surface area contributed by atoms with E-state index in [2.05, 4.69) is 207 Å². The number of anilines is 3. The molecule has 1 aliphatic rings. The van der Waals surface area contributed by atoms with Crippen LogP contribution in [0.25, 0.3) is 86.3 Å². The maximum Gasteiger partial charge on any atom is 0.143 e. The van der Waals surface area contributed by atoms with Gasteiger partial charge in [0.15, 0.2) is 0 Å². The predicted octanol–water partition coefficient (Wildman–Crippen LogP) is 16.2. The van der Waals surface area contributed by atoms with Gasteiger partial charge in [0.05, 0.1) is 21.5 Å². The van der Waals surface area contributed by atoms with Gasteiger partial charge in [0.25, 0.3) is 0 Å². The lowest BCUT2D eigenvalue weighted by molar-refractivity contribution is 0.660. The highest BCUT2D eigenvalue weighted by atomic mass is 32.1. The first kappa shape index (κ1) is 33.2. The summed E-state index contributed by atoms with van der Waals surface area (Å²) in [4.78, 5) is 2.48. The zero-order valence-corrected chi connectivity index (χ0v) is 33.0. The van der Waals surface area contributed by atoms with Crippen molar-refractivity contribution in [3.05, 3.63) is 199 Å². The topological polar surface area (TPSA) is 16.4 Å². The predicted molar refractivity (Wildman–Crippen MR) is 247 cm³/mol. The van der Waals surface area contributed by atoms with Crippen LogP contribution < -0.4 is 4.90 Å². The molecule has 0 amide bonds. The monoisotopic (exact) mass is 759 g/mol. The summed E-state index contributed by atoms with van der Waals surface area (Å²) in [7, 11) is 0. The van der Waals surface area contributed by atoms with E-state index in [-0.39, 0.29) is 5.41 Å². The summed E-state index contributed by atoms with van der Waals surface area (Å²) in [6, 6.07) is 68.9. The Morgan fingerprint density at radius 2 is 1.17 bits per heavy atom. The lowest BCUT2D eigenvalue weighted by Gasteiger charge is -2.28. The van der Waals surface area contributed by atoms with Gasteiger partial charge in [0.1, 0.15) is 11.2 Å².